The average Bonchev–Trinajstić information content (AvgIpc) is 2.78. The summed E-state index contributed by atoms with van der Waals surface area (Å²) < 4.78 is 1.90. The minimum absolute atomic E-state index is 0.540. The first-order valence-electron chi connectivity index (χ1n) is 7.14. The Morgan fingerprint density at radius 3 is 2.94 bits per heavy atom. The molecule has 0 radical (unpaired) electrons. The van der Waals surface area contributed by atoms with Crippen LogP contribution in [-0.4, -0.2) is 27.6 Å². The third kappa shape index (κ3) is 3.80. The molecule has 4 nitrogen and oxygen atoms in total. The molecule has 18 heavy (non-hydrogen) atoms. The van der Waals surface area contributed by atoms with Gasteiger partial charge < -0.3 is 5.32 Å². The monoisotopic (exact) mass is 250 g/mol. The van der Waals surface area contributed by atoms with Crippen LogP contribution in [0.3, 0.4) is 0 Å². The van der Waals surface area contributed by atoms with Gasteiger partial charge in [-0.1, -0.05) is 26.0 Å². The summed E-state index contributed by atoms with van der Waals surface area (Å²) in [5, 5.41) is 11.5. The number of aromatic nitrogens is 3. The molecule has 1 aromatic heterocycles. The maximum absolute atomic E-state index is 3.97. The van der Waals surface area contributed by atoms with E-state index in [1.165, 1.54) is 19.3 Å². The van der Waals surface area contributed by atoms with Gasteiger partial charge in [0.05, 0.1) is 6.20 Å². The van der Waals surface area contributed by atoms with Crippen LogP contribution in [0.15, 0.2) is 12.4 Å². The van der Waals surface area contributed by atoms with Crippen molar-refractivity contribution < 1.29 is 0 Å². The van der Waals surface area contributed by atoms with Gasteiger partial charge in [0, 0.05) is 18.8 Å². The molecule has 2 unspecified atom stereocenters. The zero-order chi connectivity index (χ0) is 13.0. The Balaban J connectivity index is 1.65. The van der Waals surface area contributed by atoms with Crippen molar-refractivity contribution in [2.45, 2.75) is 59.0 Å². The first-order chi connectivity index (χ1) is 8.57. The molecule has 2 atom stereocenters. The van der Waals surface area contributed by atoms with Crippen molar-refractivity contribution in [1.29, 1.82) is 0 Å². The Bertz CT molecular complexity index is 345. The minimum atomic E-state index is 0.540. The molecule has 2 rings (SSSR count). The molecule has 0 spiro atoms. The van der Waals surface area contributed by atoms with E-state index in [2.05, 4.69) is 36.4 Å². The zero-order valence-electron chi connectivity index (χ0n) is 11.9. The predicted molar refractivity (Wildman–Crippen MR) is 73.2 cm³/mol. The summed E-state index contributed by atoms with van der Waals surface area (Å²) in [6.45, 7) is 9.21. The largest absolute Gasteiger partial charge is 0.314 e. The lowest BCUT2D eigenvalue weighted by Crippen LogP contribution is -2.42. The van der Waals surface area contributed by atoms with Crippen LogP contribution in [0.1, 0.15) is 46.5 Å². The number of rotatable bonds is 5. The van der Waals surface area contributed by atoms with Crippen LogP contribution in [0, 0.1) is 11.3 Å². The lowest BCUT2D eigenvalue weighted by Gasteiger charge is -2.39. The maximum Gasteiger partial charge on any atom is 0.0692 e. The van der Waals surface area contributed by atoms with E-state index < -0.39 is 0 Å². The van der Waals surface area contributed by atoms with Crippen molar-refractivity contribution in [2.75, 3.05) is 6.54 Å². The van der Waals surface area contributed by atoms with E-state index in [1.807, 2.05) is 10.9 Å². The molecular formula is C14H26N4. The number of nitrogens with zero attached hydrogens (tertiary/aromatic N) is 3. The fraction of sp³-hybridized carbons (Fsp3) is 0.857. The summed E-state index contributed by atoms with van der Waals surface area (Å²) in [6.07, 6.45) is 8.78. The van der Waals surface area contributed by atoms with Crippen LogP contribution in [-0.2, 0) is 6.54 Å². The molecule has 1 saturated carbocycles. The Morgan fingerprint density at radius 2 is 2.28 bits per heavy atom. The molecule has 4 heteroatoms. The first kappa shape index (κ1) is 13.5. The van der Waals surface area contributed by atoms with Crippen LogP contribution in [0.2, 0.25) is 0 Å². The van der Waals surface area contributed by atoms with Crippen molar-refractivity contribution in [1.82, 2.24) is 20.3 Å². The maximum atomic E-state index is 3.97. The van der Waals surface area contributed by atoms with E-state index in [1.54, 1.807) is 6.20 Å². The number of aryl methyl sites for hydroxylation is 1. The number of hydrogen-bond donors (Lipinski definition) is 1. The van der Waals surface area contributed by atoms with Crippen LogP contribution in [0.5, 0.6) is 0 Å². The molecule has 1 N–H and O–H groups in total. The zero-order valence-corrected chi connectivity index (χ0v) is 11.9. The van der Waals surface area contributed by atoms with Gasteiger partial charge in [0.25, 0.3) is 0 Å². The molecule has 1 fully saturated rings. The van der Waals surface area contributed by atoms with Crippen LogP contribution in [0.4, 0.5) is 0 Å². The Labute approximate surface area is 110 Å². The molecular weight excluding hydrogens is 224 g/mol. The molecule has 0 aliphatic heterocycles. The second-order valence-electron chi connectivity index (χ2n) is 6.46. The van der Waals surface area contributed by atoms with Crippen molar-refractivity contribution in [3.8, 4) is 0 Å². The van der Waals surface area contributed by atoms with Gasteiger partial charge in [-0.25, -0.2) is 0 Å². The summed E-state index contributed by atoms with van der Waals surface area (Å²) in [6, 6.07) is 0.703. The van der Waals surface area contributed by atoms with Crippen LogP contribution in [0.25, 0.3) is 0 Å². The average molecular weight is 250 g/mol. The smallest absolute Gasteiger partial charge is 0.0692 e. The predicted octanol–water partition coefficient (Wildman–Crippen LogP) is 2.47. The number of nitrogens with one attached hydrogen (secondary N) is 1. The summed E-state index contributed by atoms with van der Waals surface area (Å²) >= 11 is 0. The highest BCUT2D eigenvalue weighted by Crippen LogP contribution is 2.38. The van der Waals surface area contributed by atoms with Gasteiger partial charge in [0.15, 0.2) is 0 Å². The summed E-state index contributed by atoms with van der Waals surface area (Å²) in [4.78, 5) is 0. The Hall–Kier alpha value is -0.900. The molecule has 1 aliphatic carbocycles. The van der Waals surface area contributed by atoms with Crippen molar-refractivity contribution in [3.05, 3.63) is 12.4 Å². The van der Waals surface area contributed by atoms with Crippen LogP contribution < -0.4 is 5.32 Å². The Morgan fingerprint density at radius 1 is 1.44 bits per heavy atom. The van der Waals surface area contributed by atoms with Gasteiger partial charge in [0.1, 0.15) is 0 Å². The normalized spacial score (nSPS) is 27.3. The van der Waals surface area contributed by atoms with E-state index >= 15 is 0 Å². The summed E-state index contributed by atoms with van der Waals surface area (Å²) in [5.74, 6) is 0.792. The van der Waals surface area contributed by atoms with E-state index in [0.717, 1.165) is 25.4 Å². The van der Waals surface area contributed by atoms with E-state index in [-0.39, 0.29) is 0 Å². The standard InChI is InChI=1S/C14H26N4/c1-12-11-14(2,3)6-5-13(12)15-7-4-9-18-10-8-16-17-18/h8,10,12-13,15H,4-7,9,11H2,1-3H3. The topological polar surface area (TPSA) is 42.7 Å². The van der Waals surface area contributed by atoms with Gasteiger partial charge in [0.2, 0.25) is 0 Å². The fourth-order valence-corrected chi connectivity index (χ4v) is 3.13. The molecule has 0 aromatic carbocycles. The van der Waals surface area contributed by atoms with E-state index in [9.17, 15) is 0 Å². The van der Waals surface area contributed by atoms with Gasteiger partial charge in [-0.15, -0.1) is 5.10 Å². The summed E-state index contributed by atoms with van der Waals surface area (Å²) in [7, 11) is 0. The SMILES string of the molecule is CC1CC(C)(C)CCC1NCCCn1ccnn1. The highest BCUT2D eigenvalue weighted by Gasteiger charge is 2.31. The third-order valence-corrected chi connectivity index (χ3v) is 4.14. The van der Waals surface area contributed by atoms with Crippen molar-refractivity contribution in [3.63, 3.8) is 0 Å². The highest BCUT2D eigenvalue weighted by atomic mass is 15.4. The highest BCUT2D eigenvalue weighted by molar-refractivity contribution is 4.86. The van der Waals surface area contributed by atoms with Gasteiger partial charge in [-0.2, -0.15) is 0 Å². The van der Waals surface area contributed by atoms with Gasteiger partial charge in [-0.05, 0) is 43.6 Å². The second-order valence-corrected chi connectivity index (χ2v) is 6.46. The van der Waals surface area contributed by atoms with Crippen molar-refractivity contribution >= 4 is 0 Å². The van der Waals surface area contributed by atoms with E-state index in [4.69, 9.17) is 0 Å². The minimum Gasteiger partial charge on any atom is -0.314 e. The Kier molecular flexibility index (Phi) is 4.38. The quantitative estimate of drug-likeness (QED) is 0.816. The molecule has 0 bridgehead atoms. The molecule has 1 aliphatic rings. The van der Waals surface area contributed by atoms with Gasteiger partial charge >= 0.3 is 0 Å². The molecule has 1 heterocycles. The van der Waals surface area contributed by atoms with Crippen molar-refractivity contribution in [2.24, 2.45) is 11.3 Å². The fourth-order valence-electron chi connectivity index (χ4n) is 3.13. The molecule has 1 aromatic rings. The lowest BCUT2D eigenvalue weighted by molar-refractivity contribution is 0.149. The third-order valence-electron chi connectivity index (χ3n) is 4.14. The van der Waals surface area contributed by atoms with Gasteiger partial charge in [-0.3, -0.25) is 4.68 Å². The van der Waals surface area contributed by atoms with E-state index in [0.29, 0.717) is 11.5 Å². The summed E-state index contributed by atoms with van der Waals surface area (Å²) in [5.41, 5.74) is 0.540. The first-order valence-corrected chi connectivity index (χ1v) is 7.14. The number of hydrogen-bond acceptors (Lipinski definition) is 3. The van der Waals surface area contributed by atoms with Crippen LogP contribution >= 0.6 is 0 Å². The molecule has 0 saturated heterocycles. The molecule has 102 valence electrons. The lowest BCUT2D eigenvalue weighted by atomic mass is 9.70. The second kappa shape index (κ2) is 5.83. The molecule has 0 amide bonds.